The van der Waals surface area contributed by atoms with Gasteiger partial charge >= 0.3 is 18.3 Å². The lowest BCUT2D eigenvalue weighted by Gasteiger charge is -2.22. The summed E-state index contributed by atoms with van der Waals surface area (Å²) in [6, 6.07) is 34.7. The molecule has 0 spiro atoms. The number of benzene rings is 4. The third-order valence-corrected chi connectivity index (χ3v) is 9.31. The third kappa shape index (κ3) is 11.4. The second kappa shape index (κ2) is 19.0. The van der Waals surface area contributed by atoms with Gasteiger partial charge in [0.1, 0.15) is 19.0 Å². The topological polar surface area (TPSA) is 151 Å². The summed E-state index contributed by atoms with van der Waals surface area (Å²) in [6.07, 6.45) is 2.64. The minimum Gasteiger partial charge on any atom is -0.445 e. The molecule has 2 atom stereocenters. The molecule has 13 nitrogen and oxygen atoms in total. The van der Waals surface area contributed by atoms with E-state index in [1.807, 2.05) is 12.1 Å². The van der Waals surface area contributed by atoms with Crippen molar-refractivity contribution < 1.29 is 33.4 Å². The predicted octanol–water partition coefficient (Wildman–Crippen LogP) is 7.43. The number of pyridine rings is 1. The number of hydrogen-bond acceptors (Lipinski definition) is 9. The molecule has 56 heavy (non-hydrogen) atoms. The number of likely N-dealkylation sites (N-methyl/N-ethyl adjacent to an activating group) is 2. The fraction of sp³-hybridized carbons (Fsp3) is 0.233. The second-order valence-electron chi connectivity index (χ2n) is 13.4. The van der Waals surface area contributed by atoms with Gasteiger partial charge in [0.15, 0.2) is 0 Å². The lowest BCUT2D eigenvalue weighted by Crippen LogP contribution is -2.37. The summed E-state index contributed by atoms with van der Waals surface area (Å²) in [7, 11) is 3.80. The van der Waals surface area contributed by atoms with Crippen molar-refractivity contribution in [1.82, 2.24) is 20.1 Å². The summed E-state index contributed by atoms with van der Waals surface area (Å²) in [4.78, 5) is 58.4. The number of ether oxygens (including phenoxy) is 3. The van der Waals surface area contributed by atoms with Crippen molar-refractivity contribution in [1.29, 1.82) is 0 Å². The van der Waals surface area contributed by atoms with Crippen LogP contribution in [0.15, 0.2) is 128 Å². The van der Waals surface area contributed by atoms with E-state index in [-0.39, 0.29) is 19.8 Å². The predicted molar refractivity (Wildman–Crippen MR) is 211 cm³/mol. The van der Waals surface area contributed by atoms with Crippen molar-refractivity contribution in [3.63, 3.8) is 0 Å². The molecule has 6 rings (SSSR count). The number of nitrogens with one attached hydrogen (secondary N) is 3. The second-order valence-corrected chi connectivity index (χ2v) is 13.4. The van der Waals surface area contributed by atoms with Gasteiger partial charge in [0.05, 0.1) is 11.4 Å². The molecule has 0 radical (unpaired) electrons. The lowest BCUT2D eigenvalue weighted by molar-refractivity contribution is 0.102. The summed E-state index contributed by atoms with van der Waals surface area (Å²) < 4.78 is 16.2. The molecule has 5 aromatic rings. The molecule has 4 aromatic carbocycles. The summed E-state index contributed by atoms with van der Waals surface area (Å²) >= 11 is 0. The molecule has 1 saturated carbocycles. The van der Waals surface area contributed by atoms with Gasteiger partial charge < -0.3 is 34.6 Å². The molecule has 1 heterocycles. The van der Waals surface area contributed by atoms with E-state index in [0.717, 1.165) is 24.1 Å². The van der Waals surface area contributed by atoms with E-state index in [1.54, 1.807) is 103 Å². The zero-order chi connectivity index (χ0) is 39.3. The van der Waals surface area contributed by atoms with E-state index in [2.05, 4.69) is 57.1 Å². The number of rotatable bonds is 15. The van der Waals surface area contributed by atoms with Gasteiger partial charge in [0, 0.05) is 62.2 Å². The van der Waals surface area contributed by atoms with Crippen molar-refractivity contribution in [3.8, 4) is 5.75 Å². The Hall–Kier alpha value is -6.73. The van der Waals surface area contributed by atoms with Crippen LogP contribution in [0, 0.1) is 0 Å². The van der Waals surface area contributed by atoms with Crippen LogP contribution in [0.5, 0.6) is 5.75 Å². The standard InChI is InChI=1S/C43H44N6O7/c1-48(39-25-36(39)33-10-4-3-5-11-33)23-24-49(2)43(53)56-35-20-16-31(17-21-35)28-55-42(52)47-38-13-7-6-12-37(38)46-40(50)34-18-14-30(15-19-34)27-45-41(51)54-29-32-9-8-22-44-26-32/h3-22,26,36,39H,23-25,27-29H2,1-2H3,(H,45,51)(H,46,50)(H,47,52). The molecule has 1 fully saturated rings. The highest BCUT2D eigenvalue weighted by molar-refractivity contribution is 6.06. The Morgan fingerprint density at radius 2 is 1.36 bits per heavy atom. The Bertz CT molecular complexity index is 2080. The summed E-state index contributed by atoms with van der Waals surface area (Å²) in [5, 5.41) is 8.17. The van der Waals surface area contributed by atoms with Crippen LogP contribution in [0.25, 0.3) is 0 Å². The van der Waals surface area contributed by atoms with Crippen LogP contribution in [0.3, 0.4) is 0 Å². The normalized spacial score (nSPS) is 14.3. The monoisotopic (exact) mass is 756 g/mol. The van der Waals surface area contributed by atoms with Crippen LogP contribution in [0.4, 0.5) is 25.8 Å². The number of nitrogens with zero attached hydrogens (tertiary/aromatic N) is 3. The summed E-state index contributed by atoms with van der Waals surface area (Å²) in [5.74, 6) is 0.521. The van der Waals surface area contributed by atoms with E-state index >= 15 is 0 Å². The number of carbonyl (C=O) groups excluding carboxylic acids is 4. The maximum atomic E-state index is 13.0. The van der Waals surface area contributed by atoms with Crippen LogP contribution in [-0.2, 0) is 29.2 Å². The van der Waals surface area contributed by atoms with Crippen LogP contribution in [0.1, 0.15) is 45.0 Å². The molecule has 1 aliphatic rings. The minimum atomic E-state index is -0.717. The highest BCUT2D eigenvalue weighted by atomic mass is 16.6. The lowest BCUT2D eigenvalue weighted by atomic mass is 10.1. The van der Waals surface area contributed by atoms with Crippen LogP contribution < -0.4 is 20.7 Å². The number of hydrogen-bond donors (Lipinski definition) is 3. The van der Waals surface area contributed by atoms with Gasteiger partial charge in [-0.1, -0.05) is 72.8 Å². The molecule has 288 valence electrons. The van der Waals surface area contributed by atoms with Gasteiger partial charge in [-0.3, -0.25) is 15.1 Å². The van der Waals surface area contributed by atoms with Crippen molar-refractivity contribution in [2.24, 2.45) is 0 Å². The van der Waals surface area contributed by atoms with E-state index in [9.17, 15) is 19.2 Å². The van der Waals surface area contributed by atoms with Crippen molar-refractivity contribution in [3.05, 3.63) is 155 Å². The van der Waals surface area contributed by atoms with E-state index in [0.29, 0.717) is 46.8 Å². The van der Waals surface area contributed by atoms with Gasteiger partial charge in [-0.2, -0.15) is 0 Å². The Labute approximate surface area is 325 Å². The maximum Gasteiger partial charge on any atom is 0.415 e. The Balaban J connectivity index is 0.898. The molecule has 1 aromatic heterocycles. The van der Waals surface area contributed by atoms with Crippen LogP contribution >= 0.6 is 0 Å². The van der Waals surface area contributed by atoms with Gasteiger partial charge in [-0.25, -0.2) is 14.4 Å². The van der Waals surface area contributed by atoms with Crippen molar-refractivity contribution >= 4 is 35.6 Å². The average molecular weight is 757 g/mol. The van der Waals surface area contributed by atoms with Crippen LogP contribution in [0.2, 0.25) is 0 Å². The zero-order valence-electron chi connectivity index (χ0n) is 31.2. The smallest absolute Gasteiger partial charge is 0.415 e. The summed E-state index contributed by atoms with van der Waals surface area (Å²) in [6.45, 7) is 1.55. The van der Waals surface area contributed by atoms with Gasteiger partial charge in [0.25, 0.3) is 5.91 Å². The van der Waals surface area contributed by atoms with Gasteiger partial charge in [0.2, 0.25) is 0 Å². The largest absolute Gasteiger partial charge is 0.445 e. The summed E-state index contributed by atoms with van der Waals surface area (Å²) in [5.41, 5.74) is 4.70. The number of carbonyl (C=O) groups is 4. The molecule has 13 heteroatoms. The van der Waals surface area contributed by atoms with Gasteiger partial charge in [-0.05, 0) is 72.6 Å². The maximum absolute atomic E-state index is 13.0. The first-order valence-electron chi connectivity index (χ1n) is 18.2. The van der Waals surface area contributed by atoms with Gasteiger partial charge in [-0.15, -0.1) is 0 Å². The molecule has 0 aliphatic heterocycles. The first-order valence-corrected chi connectivity index (χ1v) is 18.2. The SMILES string of the molecule is CN(CCN(C)C1CC1c1ccccc1)C(=O)Oc1ccc(COC(=O)Nc2ccccc2NC(=O)c2ccc(CNC(=O)OCc3cccnc3)cc2)cc1. The first kappa shape index (κ1) is 39.0. The molecule has 3 N–H and O–H groups in total. The van der Waals surface area contributed by atoms with Crippen molar-refractivity contribution in [2.45, 2.75) is 38.1 Å². The fourth-order valence-corrected chi connectivity index (χ4v) is 5.95. The number of anilines is 2. The number of aromatic nitrogens is 1. The highest BCUT2D eigenvalue weighted by Crippen LogP contribution is 2.43. The third-order valence-electron chi connectivity index (χ3n) is 9.31. The molecular weight excluding hydrogens is 713 g/mol. The van der Waals surface area contributed by atoms with Crippen LogP contribution in [-0.4, -0.2) is 72.2 Å². The number of alkyl carbamates (subject to hydrolysis) is 1. The van der Waals surface area contributed by atoms with E-state index < -0.39 is 24.2 Å². The van der Waals surface area contributed by atoms with E-state index in [1.165, 1.54) is 5.56 Å². The molecule has 0 bridgehead atoms. The molecular formula is C43H44N6O7. The van der Waals surface area contributed by atoms with Crippen molar-refractivity contribution in [2.75, 3.05) is 37.8 Å². The fourth-order valence-electron chi connectivity index (χ4n) is 5.95. The first-order chi connectivity index (χ1) is 27.2. The molecule has 2 unspecified atom stereocenters. The van der Waals surface area contributed by atoms with E-state index in [4.69, 9.17) is 14.2 Å². The Morgan fingerprint density at radius 3 is 2.07 bits per heavy atom. The Kier molecular flexibility index (Phi) is 13.3. The highest BCUT2D eigenvalue weighted by Gasteiger charge is 2.41. The zero-order valence-corrected chi connectivity index (χ0v) is 31.2. The number of amides is 4. The average Bonchev–Trinajstić information content (AvgIpc) is 4.04. The molecule has 1 aliphatic carbocycles. The molecule has 4 amide bonds. The number of para-hydroxylation sites is 2. The molecule has 0 saturated heterocycles. The Morgan fingerprint density at radius 1 is 0.696 bits per heavy atom. The minimum absolute atomic E-state index is 0.0323. The quantitative estimate of drug-likeness (QED) is 0.0991.